The molecule has 5 atom stereocenters. The number of nitrogens with two attached hydrogens (primary N) is 1. The van der Waals surface area contributed by atoms with Crippen LogP contribution in [0.3, 0.4) is 0 Å². The maximum absolute atomic E-state index is 14.6. The van der Waals surface area contributed by atoms with Gasteiger partial charge in [-0.1, -0.05) is 0 Å². The molecular weight excluding hydrogens is 451 g/mol. The third-order valence-corrected chi connectivity index (χ3v) is 7.53. The van der Waals surface area contributed by atoms with Crippen LogP contribution in [0.2, 0.25) is 0 Å². The highest BCUT2D eigenvalue weighted by atomic mass is 79.9. The van der Waals surface area contributed by atoms with E-state index in [-0.39, 0.29) is 23.2 Å². The molecule has 5 rings (SSSR count). The Morgan fingerprint density at radius 1 is 1.37 bits per heavy atom. The zero-order valence-corrected chi connectivity index (χ0v) is 17.8. The number of nitrogen functional groups attached to an aromatic ring is 1. The van der Waals surface area contributed by atoms with E-state index in [1.54, 1.807) is 6.07 Å². The van der Waals surface area contributed by atoms with Crippen LogP contribution in [0.4, 0.5) is 16.0 Å². The summed E-state index contributed by atoms with van der Waals surface area (Å²) in [5.41, 5.74) is 6.79. The molecule has 156 valence electrons. The fraction of sp³-hybridized carbons (Fsp3) is 0.364. The molecule has 1 unspecified atom stereocenters. The Balaban J connectivity index is 1.40. The van der Waals surface area contributed by atoms with Crippen molar-refractivity contribution in [2.45, 2.75) is 37.5 Å². The molecule has 0 radical (unpaired) electrons. The highest BCUT2D eigenvalue weighted by Gasteiger charge is 2.70. The minimum absolute atomic E-state index is 0.144. The van der Waals surface area contributed by atoms with Crippen LogP contribution < -0.4 is 5.73 Å². The number of halogens is 2. The van der Waals surface area contributed by atoms with E-state index < -0.39 is 12.2 Å². The largest absolute Gasteiger partial charge is 0.390 e. The van der Waals surface area contributed by atoms with Gasteiger partial charge in [-0.05, 0) is 83.7 Å². The van der Waals surface area contributed by atoms with Gasteiger partial charge in [0.25, 0.3) is 0 Å². The molecule has 1 aromatic carbocycles. The van der Waals surface area contributed by atoms with Gasteiger partial charge in [0.15, 0.2) is 0 Å². The molecule has 2 heterocycles. The van der Waals surface area contributed by atoms with Crippen molar-refractivity contribution in [1.29, 1.82) is 0 Å². The number of aryl methyl sites for hydroxylation is 1. The van der Waals surface area contributed by atoms with E-state index in [2.05, 4.69) is 32.6 Å². The summed E-state index contributed by atoms with van der Waals surface area (Å²) in [7, 11) is 0. The third-order valence-electron chi connectivity index (χ3n) is 6.90. The van der Waals surface area contributed by atoms with Crippen molar-refractivity contribution in [2.24, 2.45) is 16.3 Å². The van der Waals surface area contributed by atoms with E-state index in [4.69, 9.17) is 5.73 Å². The van der Waals surface area contributed by atoms with Crippen LogP contribution in [0.5, 0.6) is 0 Å². The number of nitrogens with zero attached hydrogens (tertiary/aromatic N) is 3. The van der Waals surface area contributed by atoms with Crippen molar-refractivity contribution in [2.75, 3.05) is 5.73 Å². The number of hydrogen-bond acceptors (Lipinski definition) is 5. The first-order chi connectivity index (χ1) is 14.4. The topological polar surface area (TPSA) is 96.7 Å². The molecule has 4 N–H and O–H groups in total. The monoisotopic (exact) mass is 472 g/mol. The highest BCUT2D eigenvalue weighted by molar-refractivity contribution is 9.10. The molecule has 6 nitrogen and oxygen atoms in total. The van der Waals surface area contributed by atoms with Crippen LogP contribution in [-0.4, -0.2) is 38.7 Å². The van der Waals surface area contributed by atoms with Crippen LogP contribution in [0, 0.1) is 17.2 Å². The van der Waals surface area contributed by atoms with Crippen molar-refractivity contribution < 1.29 is 14.6 Å². The maximum atomic E-state index is 14.6. The first-order valence-corrected chi connectivity index (χ1v) is 10.7. The summed E-state index contributed by atoms with van der Waals surface area (Å²) in [5.74, 6) is 0.792. The van der Waals surface area contributed by atoms with Crippen LogP contribution >= 0.6 is 15.9 Å². The minimum Gasteiger partial charge on any atom is -0.390 e. The van der Waals surface area contributed by atoms with Gasteiger partial charge in [0, 0.05) is 17.0 Å². The lowest BCUT2D eigenvalue weighted by molar-refractivity contribution is -0.0194. The second-order valence-corrected chi connectivity index (χ2v) is 9.26. The van der Waals surface area contributed by atoms with Gasteiger partial charge in [0.05, 0.1) is 22.1 Å². The van der Waals surface area contributed by atoms with Crippen LogP contribution in [-0.2, 0) is 6.42 Å². The standard InChI is InChI=1S/C22H22BrFN4O2/c1-26-17-3-2-6-28(17)18-13-10-22(13,20(30)19(18)29)5-4-11-7-15(24)12-9-14(23)21(25)27-16(12)8-11/h2-3,6-9,13,18-20,29-30H,1,4-5,10H2,(H2,25,27)/t13-,18-,19+,20+,22?/m1/s1. The molecule has 0 saturated heterocycles. The smallest absolute Gasteiger partial charge is 0.138 e. The lowest BCUT2D eigenvalue weighted by Gasteiger charge is -2.25. The number of fused-ring (bicyclic) bond motifs is 2. The molecule has 3 aromatic rings. The second kappa shape index (κ2) is 6.87. The number of aromatic nitrogens is 2. The predicted molar refractivity (Wildman–Crippen MR) is 117 cm³/mol. The van der Waals surface area contributed by atoms with Gasteiger partial charge in [0.1, 0.15) is 23.6 Å². The normalized spacial score (nSPS) is 29.9. The third kappa shape index (κ3) is 2.81. The van der Waals surface area contributed by atoms with Crippen LogP contribution in [0.25, 0.3) is 10.9 Å². The van der Waals surface area contributed by atoms with E-state index in [1.165, 1.54) is 6.07 Å². The zero-order valence-electron chi connectivity index (χ0n) is 16.2. The van der Waals surface area contributed by atoms with E-state index in [9.17, 15) is 14.6 Å². The molecule has 2 aromatic heterocycles. The molecule has 2 fully saturated rings. The average molecular weight is 473 g/mol. The molecular formula is C22H22BrFN4O2. The summed E-state index contributed by atoms with van der Waals surface area (Å²) >= 11 is 3.28. The van der Waals surface area contributed by atoms with Gasteiger partial charge in [-0.2, -0.15) is 0 Å². The number of pyridine rings is 1. The second-order valence-electron chi connectivity index (χ2n) is 8.40. The van der Waals surface area contributed by atoms with Crippen molar-refractivity contribution >= 4 is 45.2 Å². The highest BCUT2D eigenvalue weighted by Crippen LogP contribution is 2.69. The summed E-state index contributed by atoms with van der Waals surface area (Å²) < 4.78 is 17.1. The Morgan fingerprint density at radius 3 is 2.93 bits per heavy atom. The lowest BCUT2D eigenvalue weighted by atomic mass is 9.91. The molecule has 8 heteroatoms. The van der Waals surface area contributed by atoms with E-state index in [1.807, 2.05) is 29.0 Å². The van der Waals surface area contributed by atoms with E-state index in [0.29, 0.717) is 39.9 Å². The predicted octanol–water partition coefficient (Wildman–Crippen LogP) is 3.77. The maximum Gasteiger partial charge on any atom is 0.138 e. The van der Waals surface area contributed by atoms with Crippen molar-refractivity contribution in [3.8, 4) is 0 Å². The van der Waals surface area contributed by atoms with Gasteiger partial charge in [-0.3, -0.25) is 0 Å². The van der Waals surface area contributed by atoms with Gasteiger partial charge in [0.2, 0.25) is 0 Å². The van der Waals surface area contributed by atoms with Gasteiger partial charge in [-0.25, -0.2) is 14.4 Å². The molecule has 30 heavy (non-hydrogen) atoms. The number of rotatable bonds is 5. The van der Waals surface area contributed by atoms with Gasteiger partial charge < -0.3 is 20.5 Å². The Morgan fingerprint density at radius 2 is 2.17 bits per heavy atom. The molecule has 0 bridgehead atoms. The number of aliphatic hydroxyl groups is 2. The molecule has 0 aliphatic heterocycles. The fourth-order valence-corrected chi connectivity index (χ4v) is 5.60. The average Bonchev–Trinajstić information content (AvgIpc) is 3.16. The van der Waals surface area contributed by atoms with E-state index in [0.717, 1.165) is 12.0 Å². The van der Waals surface area contributed by atoms with Gasteiger partial charge >= 0.3 is 0 Å². The first-order valence-electron chi connectivity index (χ1n) is 9.89. The number of hydrogen-bond donors (Lipinski definition) is 3. The van der Waals surface area contributed by atoms with Crippen molar-refractivity contribution in [3.63, 3.8) is 0 Å². The quantitative estimate of drug-likeness (QED) is 0.492. The summed E-state index contributed by atoms with van der Waals surface area (Å²) in [6, 6.07) is 8.46. The van der Waals surface area contributed by atoms with Crippen LogP contribution in [0.1, 0.15) is 24.4 Å². The Hall–Kier alpha value is -2.29. The Labute approximate surface area is 181 Å². The first kappa shape index (κ1) is 19.7. The van der Waals surface area contributed by atoms with Gasteiger partial charge in [-0.15, -0.1) is 0 Å². The van der Waals surface area contributed by atoms with Crippen LogP contribution in [0.15, 0.2) is 46.0 Å². The van der Waals surface area contributed by atoms with E-state index >= 15 is 0 Å². The molecule has 0 spiro atoms. The van der Waals surface area contributed by atoms with Crippen molar-refractivity contribution in [1.82, 2.24) is 9.55 Å². The fourth-order valence-electron chi connectivity index (χ4n) is 5.28. The zero-order chi connectivity index (χ0) is 21.2. The molecule has 0 amide bonds. The molecule has 2 aliphatic carbocycles. The van der Waals surface area contributed by atoms with Crippen molar-refractivity contribution in [3.05, 3.63) is 52.4 Å². The summed E-state index contributed by atoms with van der Waals surface area (Å²) in [6.45, 7) is 3.59. The minimum atomic E-state index is -0.871. The number of aliphatic hydroxyl groups excluding tert-OH is 2. The molecule has 2 saturated carbocycles. The molecule has 2 aliphatic rings. The summed E-state index contributed by atoms with van der Waals surface area (Å²) in [6.07, 6.45) is 2.22. The number of anilines is 1. The Kier molecular flexibility index (Phi) is 4.50. The lowest BCUT2D eigenvalue weighted by Crippen LogP contribution is -2.34. The summed E-state index contributed by atoms with van der Waals surface area (Å²) in [4.78, 5) is 8.29. The Bertz CT molecular complexity index is 1170. The number of benzene rings is 1. The SMILES string of the molecule is C=Nc1cccn1[C@H]1[C@H](O)[C@H](O)C2(CCc3cc(F)c4cc(Br)c(N)nc4c3)C[C@H]12. The summed E-state index contributed by atoms with van der Waals surface area (Å²) in [5, 5.41) is 22.0. The number of aliphatic imine (C=N–C) groups is 1.